The Morgan fingerprint density at radius 1 is 0.700 bits per heavy atom. The maximum Gasteiger partial charge on any atom is 0.408 e. The van der Waals surface area contributed by atoms with Gasteiger partial charge in [0.15, 0.2) is 0 Å². The Labute approximate surface area is 295 Å². The molecular weight excluding hydrogens is 638 g/mol. The van der Waals surface area contributed by atoms with Crippen LogP contribution in [0.3, 0.4) is 0 Å². The van der Waals surface area contributed by atoms with Gasteiger partial charge in [-0.25, -0.2) is 9.59 Å². The van der Waals surface area contributed by atoms with Crippen molar-refractivity contribution in [2.75, 3.05) is 6.54 Å². The highest BCUT2D eigenvalue weighted by Gasteiger charge is 2.38. The molecule has 0 aliphatic heterocycles. The molecule has 3 atom stereocenters. The van der Waals surface area contributed by atoms with E-state index in [1.807, 2.05) is 37.3 Å². The summed E-state index contributed by atoms with van der Waals surface area (Å²) in [6.07, 6.45) is 0.551. The number of rotatable bonds is 14. The van der Waals surface area contributed by atoms with Gasteiger partial charge >= 0.3 is 12.1 Å². The summed E-state index contributed by atoms with van der Waals surface area (Å²) in [6, 6.07) is 17.8. The molecule has 3 unspecified atom stereocenters. The summed E-state index contributed by atoms with van der Waals surface area (Å²) in [5.74, 6) is -1.84. The summed E-state index contributed by atoms with van der Waals surface area (Å²) in [6.45, 7) is 12.4. The number of benzene rings is 3. The first-order valence-electron chi connectivity index (χ1n) is 16.9. The zero-order valence-corrected chi connectivity index (χ0v) is 30.1. The van der Waals surface area contributed by atoms with Crippen LogP contribution in [0.5, 0.6) is 11.5 Å². The van der Waals surface area contributed by atoms with Crippen LogP contribution in [0.15, 0.2) is 78.9 Å². The standard InChI is InChI=1S/C39H51N3O8/c1-8-9-23-42(35(46)31(41-37(48)50-39(5,6)7)24-27-15-19-29(43)20-16-27)33(28-17-21-30(44)22-18-28)34(45)40-32(36(47)49-38(2,3)4)25-26-13-11-10-12-14-26/h10-22,31-33,43-44H,8-9,23-25H2,1-7H3,(H,40,45)(H,41,48). The van der Waals surface area contributed by atoms with Gasteiger partial charge in [0.1, 0.15) is 40.8 Å². The molecule has 270 valence electrons. The predicted octanol–water partition coefficient (Wildman–Crippen LogP) is 5.97. The van der Waals surface area contributed by atoms with Crippen LogP contribution in [0.4, 0.5) is 4.79 Å². The van der Waals surface area contributed by atoms with Crippen LogP contribution in [0, 0.1) is 0 Å². The van der Waals surface area contributed by atoms with Gasteiger partial charge in [-0.2, -0.15) is 0 Å². The molecule has 3 rings (SSSR count). The highest BCUT2D eigenvalue weighted by atomic mass is 16.6. The maximum absolute atomic E-state index is 14.7. The van der Waals surface area contributed by atoms with Crippen molar-refractivity contribution in [1.29, 1.82) is 0 Å². The lowest BCUT2D eigenvalue weighted by Crippen LogP contribution is -2.55. The fourth-order valence-corrected chi connectivity index (χ4v) is 5.21. The van der Waals surface area contributed by atoms with Crippen molar-refractivity contribution in [1.82, 2.24) is 15.5 Å². The Balaban J connectivity index is 2.10. The number of carbonyl (C=O) groups excluding carboxylic acids is 4. The maximum atomic E-state index is 14.7. The average Bonchev–Trinajstić information content (AvgIpc) is 3.02. The molecule has 0 heterocycles. The average molecular weight is 690 g/mol. The van der Waals surface area contributed by atoms with E-state index < -0.39 is 53.2 Å². The summed E-state index contributed by atoms with van der Waals surface area (Å²) in [7, 11) is 0. The number of ether oxygens (including phenoxy) is 2. The monoisotopic (exact) mass is 689 g/mol. The van der Waals surface area contributed by atoms with Crippen LogP contribution in [-0.4, -0.2) is 68.8 Å². The fourth-order valence-electron chi connectivity index (χ4n) is 5.21. The molecule has 0 spiro atoms. The van der Waals surface area contributed by atoms with Crippen LogP contribution in [-0.2, 0) is 36.7 Å². The molecule has 3 aromatic rings. The molecule has 0 bridgehead atoms. The number of hydrogen-bond acceptors (Lipinski definition) is 8. The van der Waals surface area contributed by atoms with Gasteiger partial charge in [0, 0.05) is 19.4 Å². The molecule has 0 aromatic heterocycles. The van der Waals surface area contributed by atoms with Crippen molar-refractivity contribution in [3.05, 3.63) is 95.6 Å². The molecule has 0 aliphatic carbocycles. The van der Waals surface area contributed by atoms with Gasteiger partial charge in [-0.1, -0.05) is 67.9 Å². The summed E-state index contributed by atoms with van der Waals surface area (Å²) in [5, 5.41) is 25.5. The lowest BCUT2D eigenvalue weighted by atomic mass is 9.98. The smallest absolute Gasteiger partial charge is 0.408 e. The highest BCUT2D eigenvalue weighted by molar-refractivity contribution is 5.94. The van der Waals surface area contributed by atoms with E-state index in [4.69, 9.17) is 9.47 Å². The number of unbranched alkanes of at least 4 members (excludes halogenated alkanes) is 1. The fraction of sp³-hybridized carbons (Fsp3) is 0.436. The van der Waals surface area contributed by atoms with Crippen LogP contribution < -0.4 is 10.6 Å². The third-order valence-corrected chi connectivity index (χ3v) is 7.46. The number of alkyl carbamates (subject to hydrolysis) is 1. The van der Waals surface area contributed by atoms with E-state index in [1.165, 1.54) is 29.2 Å². The van der Waals surface area contributed by atoms with E-state index in [0.717, 1.165) is 5.56 Å². The Morgan fingerprint density at radius 3 is 1.76 bits per heavy atom. The van der Waals surface area contributed by atoms with Gasteiger partial charge in [0.2, 0.25) is 11.8 Å². The van der Waals surface area contributed by atoms with E-state index in [2.05, 4.69) is 10.6 Å². The summed E-state index contributed by atoms with van der Waals surface area (Å²) >= 11 is 0. The molecule has 3 aromatic carbocycles. The number of esters is 1. The number of nitrogens with one attached hydrogen (secondary N) is 2. The minimum atomic E-state index is -1.27. The molecule has 0 fully saturated rings. The van der Waals surface area contributed by atoms with Crippen molar-refractivity contribution in [3.8, 4) is 11.5 Å². The number of aromatic hydroxyl groups is 2. The second-order valence-corrected chi connectivity index (χ2v) is 14.2. The minimum Gasteiger partial charge on any atom is -0.508 e. The lowest BCUT2D eigenvalue weighted by Gasteiger charge is -2.35. The van der Waals surface area contributed by atoms with Crippen molar-refractivity contribution in [3.63, 3.8) is 0 Å². The number of phenols is 2. The van der Waals surface area contributed by atoms with Crippen molar-refractivity contribution < 1.29 is 38.9 Å². The van der Waals surface area contributed by atoms with Gasteiger partial charge in [-0.05, 0) is 88.9 Å². The first kappa shape index (κ1) is 39.4. The van der Waals surface area contributed by atoms with Crippen molar-refractivity contribution >= 4 is 23.9 Å². The minimum absolute atomic E-state index is 0.0272. The molecule has 11 nitrogen and oxygen atoms in total. The van der Waals surface area contributed by atoms with Crippen LogP contribution in [0.1, 0.15) is 84.0 Å². The molecule has 0 saturated carbocycles. The first-order valence-corrected chi connectivity index (χ1v) is 16.9. The summed E-state index contributed by atoms with van der Waals surface area (Å²) in [5.41, 5.74) is 0.144. The first-order chi connectivity index (χ1) is 23.5. The quantitative estimate of drug-likeness (QED) is 0.151. The SMILES string of the molecule is CCCCN(C(=O)C(Cc1ccc(O)cc1)NC(=O)OC(C)(C)C)C(C(=O)NC(Cc1ccccc1)C(=O)OC(C)(C)C)c1ccc(O)cc1. The lowest BCUT2D eigenvalue weighted by molar-refractivity contribution is -0.159. The van der Waals surface area contributed by atoms with Crippen LogP contribution in [0.2, 0.25) is 0 Å². The molecule has 50 heavy (non-hydrogen) atoms. The van der Waals surface area contributed by atoms with Gasteiger partial charge in [0.25, 0.3) is 0 Å². The topological polar surface area (TPSA) is 154 Å². The van der Waals surface area contributed by atoms with Gasteiger partial charge < -0.3 is 35.2 Å². The molecule has 3 amide bonds. The van der Waals surface area contributed by atoms with E-state index in [1.54, 1.807) is 65.8 Å². The second kappa shape index (κ2) is 17.6. The van der Waals surface area contributed by atoms with Crippen LogP contribution >= 0.6 is 0 Å². The van der Waals surface area contributed by atoms with Gasteiger partial charge in [-0.3, -0.25) is 9.59 Å². The molecule has 0 aliphatic rings. The Hall–Kier alpha value is -5.06. The summed E-state index contributed by atoms with van der Waals surface area (Å²) in [4.78, 5) is 57.2. The normalized spacial score (nSPS) is 13.3. The predicted molar refractivity (Wildman–Crippen MR) is 190 cm³/mol. The number of nitrogens with zero attached hydrogens (tertiary/aromatic N) is 1. The molecular formula is C39H51N3O8. The van der Waals surface area contributed by atoms with Gasteiger partial charge in [-0.15, -0.1) is 0 Å². The van der Waals surface area contributed by atoms with E-state index in [9.17, 15) is 29.4 Å². The number of carbonyl (C=O) groups is 4. The zero-order valence-electron chi connectivity index (χ0n) is 30.1. The van der Waals surface area contributed by atoms with E-state index >= 15 is 0 Å². The highest BCUT2D eigenvalue weighted by Crippen LogP contribution is 2.27. The Morgan fingerprint density at radius 2 is 1.22 bits per heavy atom. The van der Waals surface area contributed by atoms with Crippen molar-refractivity contribution in [2.45, 2.75) is 103 Å². The Kier molecular flexibility index (Phi) is 13.8. The number of phenolic OH excluding ortho intramolecular Hbond substituents is 2. The van der Waals surface area contributed by atoms with Gasteiger partial charge in [0.05, 0.1) is 0 Å². The molecule has 0 saturated heterocycles. The van der Waals surface area contributed by atoms with Crippen molar-refractivity contribution in [2.24, 2.45) is 0 Å². The third kappa shape index (κ3) is 12.8. The van der Waals surface area contributed by atoms with Crippen LogP contribution in [0.25, 0.3) is 0 Å². The third-order valence-electron chi connectivity index (χ3n) is 7.46. The largest absolute Gasteiger partial charge is 0.508 e. The zero-order chi connectivity index (χ0) is 37.1. The summed E-state index contributed by atoms with van der Waals surface area (Å²) < 4.78 is 11.2. The number of hydrogen-bond donors (Lipinski definition) is 4. The van der Waals surface area contributed by atoms with E-state index in [-0.39, 0.29) is 30.9 Å². The number of amides is 3. The molecule has 0 radical (unpaired) electrons. The second-order valence-electron chi connectivity index (χ2n) is 14.2. The Bertz CT molecular complexity index is 1560. The molecule has 11 heteroatoms. The molecule has 4 N–H and O–H groups in total. The van der Waals surface area contributed by atoms with E-state index in [0.29, 0.717) is 24.0 Å².